The second kappa shape index (κ2) is 9.86. The predicted octanol–water partition coefficient (Wildman–Crippen LogP) is 6.25. The number of amides is 1. The molecule has 4 aromatic rings. The van der Waals surface area contributed by atoms with Crippen LogP contribution in [-0.2, 0) is 9.73 Å². The number of hydrogen-bond acceptors (Lipinski definition) is 4. The van der Waals surface area contributed by atoms with E-state index in [1.165, 1.54) is 30.7 Å². The number of ether oxygens (including phenoxy) is 1. The molecular weight excluding hydrogens is 491 g/mol. The number of pyridine rings is 1. The van der Waals surface area contributed by atoms with Crippen molar-refractivity contribution in [2.45, 2.75) is 4.90 Å². The summed E-state index contributed by atoms with van der Waals surface area (Å²) in [5.41, 5.74) is 1.53. The van der Waals surface area contributed by atoms with Gasteiger partial charge in [0.2, 0.25) is 0 Å². The van der Waals surface area contributed by atoms with Crippen molar-refractivity contribution in [3.63, 3.8) is 0 Å². The summed E-state index contributed by atoms with van der Waals surface area (Å²) in [6.45, 7) is 0. The van der Waals surface area contributed by atoms with E-state index in [0.717, 1.165) is 22.1 Å². The summed E-state index contributed by atoms with van der Waals surface area (Å²) < 4.78 is 22.2. The fourth-order valence-corrected chi connectivity index (χ4v) is 5.08. The van der Waals surface area contributed by atoms with Gasteiger partial charge in [-0.15, -0.1) is 0 Å². The van der Waals surface area contributed by atoms with Gasteiger partial charge in [-0.25, -0.2) is 4.21 Å². The molecule has 34 heavy (non-hydrogen) atoms. The minimum absolute atomic E-state index is 0.181. The molecule has 1 unspecified atom stereocenters. The van der Waals surface area contributed by atoms with Crippen LogP contribution in [-0.4, -0.2) is 28.5 Å². The molecule has 0 N–H and O–H groups in total. The zero-order valence-corrected chi connectivity index (χ0v) is 20.5. The predicted molar refractivity (Wildman–Crippen MR) is 136 cm³/mol. The van der Waals surface area contributed by atoms with Crippen LogP contribution in [0, 0.1) is 11.8 Å². The Morgan fingerprint density at radius 2 is 1.59 bits per heavy atom. The molecule has 1 heterocycles. The molecule has 0 radical (unpaired) electrons. The summed E-state index contributed by atoms with van der Waals surface area (Å²) >= 11 is 12.0. The van der Waals surface area contributed by atoms with Crippen LogP contribution in [0.3, 0.4) is 0 Å². The van der Waals surface area contributed by atoms with Gasteiger partial charge >= 0.3 is 0 Å². The third-order valence-electron chi connectivity index (χ3n) is 4.91. The Labute approximate surface area is 207 Å². The number of carbonyl (C=O) groups excluding carboxylic acids is 1. The quantitative estimate of drug-likeness (QED) is 0.307. The highest BCUT2D eigenvalue weighted by Gasteiger charge is 2.13. The van der Waals surface area contributed by atoms with Crippen LogP contribution in [0.4, 0.5) is 0 Å². The molecule has 8 heteroatoms. The van der Waals surface area contributed by atoms with Crippen LogP contribution in [0.25, 0.3) is 10.8 Å². The number of benzene rings is 3. The fourth-order valence-electron chi connectivity index (χ4n) is 3.21. The lowest BCUT2D eigenvalue weighted by molar-refractivity contribution is 0.100. The average molecular weight is 509 g/mol. The van der Waals surface area contributed by atoms with Gasteiger partial charge in [0.1, 0.15) is 5.75 Å². The summed E-state index contributed by atoms with van der Waals surface area (Å²) in [7, 11) is -1.43. The molecule has 0 bridgehead atoms. The molecule has 5 nitrogen and oxygen atoms in total. The summed E-state index contributed by atoms with van der Waals surface area (Å²) in [6, 6.07) is 17.7. The van der Waals surface area contributed by atoms with Gasteiger partial charge in [0.25, 0.3) is 5.91 Å². The maximum absolute atomic E-state index is 13.1. The molecule has 0 saturated heterocycles. The van der Waals surface area contributed by atoms with Gasteiger partial charge < -0.3 is 4.74 Å². The number of fused-ring (bicyclic) bond motifs is 1. The smallest absolute Gasteiger partial charge is 0.286 e. The van der Waals surface area contributed by atoms with E-state index in [1.54, 1.807) is 19.4 Å². The number of hydrogen-bond donors (Lipinski definition) is 0. The van der Waals surface area contributed by atoms with E-state index in [0.29, 0.717) is 15.6 Å². The highest BCUT2D eigenvalue weighted by molar-refractivity contribution is 7.93. The van der Waals surface area contributed by atoms with Crippen LogP contribution in [0.15, 0.2) is 82.3 Å². The second-order valence-corrected chi connectivity index (χ2v) is 10.6. The molecule has 0 spiro atoms. The topological polar surface area (TPSA) is 68.6 Å². The van der Waals surface area contributed by atoms with Crippen molar-refractivity contribution in [1.82, 2.24) is 4.98 Å². The number of aromatic nitrogens is 1. The Balaban J connectivity index is 1.61. The van der Waals surface area contributed by atoms with Crippen molar-refractivity contribution in [2.75, 3.05) is 13.4 Å². The van der Waals surface area contributed by atoms with E-state index in [-0.39, 0.29) is 10.5 Å². The first-order valence-electron chi connectivity index (χ1n) is 10.0. The minimum atomic E-state index is -3.06. The van der Waals surface area contributed by atoms with Gasteiger partial charge in [-0.2, -0.15) is 4.36 Å². The van der Waals surface area contributed by atoms with Crippen molar-refractivity contribution in [2.24, 2.45) is 4.36 Å². The van der Waals surface area contributed by atoms with Crippen LogP contribution in [0.1, 0.15) is 21.5 Å². The minimum Gasteiger partial charge on any atom is -0.497 e. The molecule has 1 atom stereocenters. The lowest BCUT2D eigenvalue weighted by Crippen LogP contribution is -2.04. The van der Waals surface area contributed by atoms with E-state index < -0.39 is 15.6 Å². The second-order valence-electron chi connectivity index (χ2n) is 7.44. The number of rotatable bonds is 3. The van der Waals surface area contributed by atoms with Crippen molar-refractivity contribution < 1.29 is 13.7 Å². The Hall–Kier alpha value is -3.37. The first-order chi connectivity index (χ1) is 16.2. The molecular formula is C26H18Cl2N2O3S. The van der Waals surface area contributed by atoms with Crippen LogP contribution >= 0.6 is 23.2 Å². The van der Waals surface area contributed by atoms with Crippen LogP contribution in [0.5, 0.6) is 5.75 Å². The van der Waals surface area contributed by atoms with E-state index >= 15 is 0 Å². The normalized spacial score (nSPS) is 12.4. The molecule has 0 aliphatic carbocycles. The summed E-state index contributed by atoms with van der Waals surface area (Å²) in [5.74, 6) is 6.22. The number of carbonyl (C=O) groups is 1. The molecule has 4 rings (SSSR count). The molecule has 0 saturated carbocycles. The standard InChI is InChI=1S/C26H18Cl2N2O3S/c1-33-24-8-7-19-9-17(5-6-20(19)11-24)3-4-18-10-21(16-29-15-18)26(31)30-34(2,32)25-13-22(27)12-23(28)14-25/h5-16H,1-2H3. The number of nitrogens with zero attached hydrogens (tertiary/aromatic N) is 2. The summed E-state index contributed by atoms with van der Waals surface area (Å²) in [6.07, 6.45) is 4.27. The highest BCUT2D eigenvalue weighted by atomic mass is 35.5. The lowest BCUT2D eigenvalue weighted by atomic mass is 10.1. The first-order valence-corrected chi connectivity index (χ1v) is 12.7. The number of methoxy groups -OCH3 is 1. The van der Waals surface area contributed by atoms with E-state index in [1.807, 2.05) is 36.4 Å². The third-order valence-corrected chi connectivity index (χ3v) is 6.98. The average Bonchev–Trinajstić information content (AvgIpc) is 2.81. The summed E-state index contributed by atoms with van der Waals surface area (Å²) in [5, 5.41) is 2.70. The van der Waals surface area contributed by atoms with E-state index in [2.05, 4.69) is 21.2 Å². The van der Waals surface area contributed by atoms with Gasteiger partial charge in [0.15, 0.2) is 0 Å². The van der Waals surface area contributed by atoms with Crippen molar-refractivity contribution >= 4 is 49.6 Å². The molecule has 3 aromatic carbocycles. The van der Waals surface area contributed by atoms with Crippen molar-refractivity contribution in [3.05, 3.63) is 99.8 Å². The van der Waals surface area contributed by atoms with Crippen molar-refractivity contribution in [3.8, 4) is 17.6 Å². The molecule has 0 aliphatic rings. The molecule has 0 aliphatic heterocycles. The third kappa shape index (κ3) is 5.57. The Morgan fingerprint density at radius 1 is 0.912 bits per heavy atom. The first kappa shape index (κ1) is 23.8. The zero-order chi connectivity index (χ0) is 24.3. The fraction of sp³-hybridized carbons (Fsp3) is 0.0769. The maximum Gasteiger partial charge on any atom is 0.286 e. The van der Waals surface area contributed by atoms with Gasteiger partial charge in [-0.05, 0) is 59.3 Å². The van der Waals surface area contributed by atoms with Gasteiger partial charge in [-0.3, -0.25) is 9.78 Å². The molecule has 170 valence electrons. The van der Waals surface area contributed by atoms with Gasteiger partial charge in [-0.1, -0.05) is 47.2 Å². The van der Waals surface area contributed by atoms with Gasteiger partial charge in [0, 0.05) is 39.8 Å². The van der Waals surface area contributed by atoms with Crippen molar-refractivity contribution in [1.29, 1.82) is 0 Å². The monoisotopic (exact) mass is 508 g/mol. The Bertz CT molecular complexity index is 1590. The van der Waals surface area contributed by atoms with E-state index in [9.17, 15) is 9.00 Å². The zero-order valence-electron chi connectivity index (χ0n) is 18.2. The largest absolute Gasteiger partial charge is 0.497 e. The highest BCUT2D eigenvalue weighted by Crippen LogP contribution is 2.24. The number of halogens is 2. The lowest BCUT2D eigenvalue weighted by Gasteiger charge is -2.06. The molecule has 1 amide bonds. The van der Waals surface area contributed by atoms with Crippen LogP contribution < -0.4 is 4.74 Å². The Kier molecular flexibility index (Phi) is 6.90. The molecule has 1 aromatic heterocycles. The molecule has 0 fully saturated rings. The summed E-state index contributed by atoms with van der Waals surface area (Å²) in [4.78, 5) is 17.1. The van der Waals surface area contributed by atoms with E-state index in [4.69, 9.17) is 27.9 Å². The van der Waals surface area contributed by atoms with Gasteiger partial charge in [0.05, 0.1) is 27.3 Å². The SMILES string of the molecule is COc1ccc2cc(C#Cc3cncc(C(=O)N=S(C)(=O)c4cc(Cl)cc(Cl)c4)c3)ccc2c1. The maximum atomic E-state index is 13.1. The Morgan fingerprint density at radius 3 is 2.32 bits per heavy atom. The van der Waals surface area contributed by atoms with Crippen LogP contribution in [0.2, 0.25) is 10.0 Å².